The van der Waals surface area contributed by atoms with Crippen LogP contribution in [-0.4, -0.2) is 26.1 Å². The van der Waals surface area contributed by atoms with E-state index in [1.54, 1.807) is 0 Å². The number of anilines is 2. The average molecular weight is 241 g/mol. The van der Waals surface area contributed by atoms with E-state index in [1.165, 1.54) is 35.3 Å². The Labute approximate surface area is 108 Å². The van der Waals surface area contributed by atoms with Crippen molar-refractivity contribution in [3.63, 3.8) is 0 Å². The first-order valence-electron chi connectivity index (χ1n) is 6.49. The standard InChI is InChI=1S/C15H19N3/c1-16-15-9-14(10-4-5-10)17-13-7-6-11(18(2)3)8-12(13)15/h6-10H,4-5H2,1-3H3,(H,16,17). The van der Waals surface area contributed by atoms with Crippen molar-refractivity contribution in [3.05, 3.63) is 30.0 Å². The Balaban J connectivity index is 2.18. The van der Waals surface area contributed by atoms with Gasteiger partial charge in [-0.1, -0.05) is 0 Å². The molecule has 0 atom stereocenters. The summed E-state index contributed by atoms with van der Waals surface area (Å²) in [4.78, 5) is 6.91. The molecule has 1 saturated carbocycles. The second kappa shape index (κ2) is 4.16. The van der Waals surface area contributed by atoms with Crippen molar-refractivity contribution in [2.24, 2.45) is 0 Å². The first-order valence-corrected chi connectivity index (χ1v) is 6.49. The number of rotatable bonds is 3. The van der Waals surface area contributed by atoms with E-state index in [0.29, 0.717) is 5.92 Å². The Bertz CT molecular complexity index is 586. The molecule has 1 fully saturated rings. The first-order chi connectivity index (χ1) is 8.69. The van der Waals surface area contributed by atoms with Crippen LogP contribution in [0.3, 0.4) is 0 Å². The summed E-state index contributed by atoms with van der Waals surface area (Å²) in [6, 6.07) is 8.66. The molecular formula is C15H19N3. The van der Waals surface area contributed by atoms with Crippen molar-refractivity contribution in [2.75, 3.05) is 31.4 Å². The Morgan fingerprint density at radius 2 is 2.00 bits per heavy atom. The van der Waals surface area contributed by atoms with Gasteiger partial charge in [-0.05, 0) is 37.1 Å². The van der Waals surface area contributed by atoms with E-state index < -0.39 is 0 Å². The second-order valence-corrected chi connectivity index (χ2v) is 5.21. The first kappa shape index (κ1) is 11.3. The Kier molecular flexibility index (Phi) is 2.62. The van der Waals surface area contributed by atoms with Crippen molar-refractivity contribution in [1.82, 2.24) is 4.98 Å². The van der Waals surface area contributed by atoms with Crippen LogP contribution in [0.2, 0.25) is 0 Å². The lowest BCUT2D eigenvalue weighted by atomic mass is 10.1. The van der Waals surface area contributed by atoms with Crippen LogP contribution >= 0.6 is 0 Å². The number of hydrogen-bond acceptors (Lipinski definition) is 3. The molecule has 3 rings (SSSR count). The summed E-state index contributed by atoms with van der Waals surface area (Å²) in [7, 11) is 6.10. The molecule has 0 radical (unpaired) electrons. The van der Waals surface area contributed by atoms with Gasteiger partial charge in [0.15, 0.2) is 0 Å². The van der Waals surface area contributed by atoms with E-state index in [-0.39, 0.29) is 0 Å². The summed E-state index contributed by atoms with van der Waals surface area (Å²) < 4.78 is 0. The number of pyridine rings is 1. The number of nitrogens with zero attached hydrogens (tertiary/aromatic N) is 2. The normalized spacial score (nSPS) is 14.8. The fourth-order valence-corrected chi connectivity index (χ4v) is 2.31. The monoisotopic (exact) mass is 241 g/mol. The lowest BCUT2D eigenvalue weighted by molar-refractivity contribution is 1.04. The highest BCUT2D eigenvalue weighted by Crippen LogP contribution is 2.41. The number of fused-ring (bicyclic) bond motifs is 1. The van der Waals surface area contributed by atoms with Gasteiger partial charge in [-0.15, -0.1) is 0 Å². The maximum Gasteiger partial charge on any atom is 0.0727 e. The van der Waals surface area contributed by atoms with E-state index in [1.807, 2.05) is 7.05 Å². The molecule has 3 nitrogen and oxygen atoms in total. The number of hydrogen-bond donors (Lipinski definition) is 1. The predicted octanol–water partition coefficient (Wildman–Crippen LogP) is 3.22. The van der Waals surface area contributed by atoms with Gasteiger partial charge in [0.25, 0.3) is 0 Å². The predicted molar refractivity (Wildman–Crippen MR) is 77.6 cm³/mol. The van der Waals surface area contributed by atoms with Crippen LogP contribution in [-0.2, 0) is 0 Å². The molecule has 3 heteroatoms. The molecule has 0 amide bonds. The third kappa shape index (κ3) is 1.90. The quantitative estimate of drug-likeness (QED) is 0.894. The summed E-state index contributed by atoms with van der Waals surface area (Å²) >= 11 is 0. The van der Waals surface area contributed by atoms with E-state index in [4.69, 9.17) is 4.98 Å². The Morgan fingerprint density at radius 1 is 1.22 bits per heavy atom. The van der Waals surface area contributed by atoms with E-state index in [9.17, 15) is 0 Å². The SMILES string of the molecule is CNc1cc(C2CC2)nc2ccc(N(C)C)cc12. The lowest BCUT2D eigenvalue weighted by Gasteiger charge is -2.15. The van der Waals surface area contributed by atoms with Gasteiger partial charge < -0.3 is 10.2 Å². The smallest absolute Gasteiger partial charge is 0.0727 e. The minimum absolute atomic E-state index is 0.690. The van der Waals surface area contributed by atoms with Gasteiger partial charge in [0, 0.05) is 49.5 Å². The van der Waals surface area contributed by atoms with Crippen LogP contribution in [0.4, 0.5) is 11.4 Å². The molecular weight excluding hydrogens is 222 g/mol. The summed E-state index contributed by atoms with van der Waals surface area (Å²) in [6.45, 7) is 0. The molecule has 0 spiro atoms. The van der Waals surface area contributed by atoms with Crippen LogP contribution in [0.25, 0.3) is 10.9 Å². The van der Waals surface area contributed by atoms with Gasteiger partial charge in [0.05, 0.1) is 5.52 Å². The van der Waals surface area contributed by atoms with Crippen molar-refractivity contribution in [1.29, 1.82) is 0 Å². The Hall–Kier alpha value is -1.77. The van der Waals surface area contributed by atoms with Crippen LogP contribution in [0.15, 0.2) is 24.3 Å². The van der Waals surface area contributed by atoms with E-state index >= 15 is 0 Å². The largest absolute Gasteiger partial charge is 0.388 e. The van der Waals surface area contributed by atoms with Crippen LogP contribution < -0.4 is 10.2 Å². The molecule has 0 unspecified atom stereocenters. The van der Waals surface area contributed by atoms with Gasteiger partial charge in [-0.3, -0.25) is 4.98 Å². The van der Waals surface area contributed by atoms with Crippen molar-refractivity contribution >= 4 is 22.3 Å². The minimum Gasteiger partial charge on any atom is -0.388 e. The van der Waals surface area contributed by atoms with Crippen LogP contribution in [0.1, 0.15) is 24.5 Å². The third-order valence-corrected chi connectivity index (χ3v) is 3.59. The molecule has 1 N–H and O–H groups in total. The third-order valence-electron chi connectivity index (χ3n) is 3.59. The fourth-order valence-electron chi connectivity index (χ4n) is 2.31. The second-order valence-electron chi connectivity index (χ2n) is 5.21. The molecule has 0 bridgehead atoms. The van der Waals surface area contributed by atoms with Crippen molar-refractivity contribution in [2.45, 2.75) is 18.8 Å². The van der Waals surface area contributed by atoms with Crippen LogP contribution in [0, 0.1) is 0 Å². The average Bonchev–Trinajstić information content (AvgIpc) is 3.20. The van der Waals surface area contributed by atoms with Gasteiger partial charge in [0.2, 0.25) is 0 Å². The summed E-state index contributed by atoms with van der Waals surface area (Å²) in [6.07, 6.45) is 2.58. The molecule has 2 aromatic rings. The molecule has 1 aromatic carbocycles. The molecule has 1 aromatic heterocycles. The molecule has 0 saturated heterocycles. The molecule has 1 aliphatic rings. The highest BCUT2D eigenvalue weighted by molar-refractivity contribution is 5.93. The lowest BCUT2D eigenvalue weighted by Crippen LogP contribution is -2.08. The molecule has 0 aliphatic heterocycles. The number of nitrogens with one attached hydrogen (secondary N) is 1. The summed E-state index contributed by atoms with van der Waals surface area (Å²) in [5.74, 6) is 0.690. The van der Waals surface area contributed by atoms with E-state index in [0.717, 1.165) is 5.52 Å². The van der Waals surface area contributed by atoms with Crippen molar-refractivity contribution < 1.29 is 0 Å². The van der Waals surface area contributed by atoms with Gasteiger partial charge in [-0.25, -0.2) is 0 Å². The van der Waals surface area contributed by atoms with Crippen LogP contribution in [0.5, 0.6) is 0 Å². The number of benzene rings is 1. The zero-order chi connectivity index (χ0) is 12.7. The Morgan fingerprint density at radius 3 is 2.61 bits per heavy atom. The molecule has 1 heterocycles. The molecule has 1 aliphatic carbocycles. The molecule has 94 valence electrons. The highest BCUT2D eigenvalue weighted by atomic mass is 15.1. The zero-order valence-electron chi connectivity index (χ0n) is 11.2. The minimum atomic E-state index is 0.690. The van der Waals surface area contributed by atoms with Gasteiger partial charge >= 0.3 is 0 Å². The maximum atomic E-state index is 4.79. The topological polar surface area (TPSA) is 28.2 Å². The van der Waals surface area contributed by atoms with E-state index in [2.05, 4.69) is 48.6 Å². The zero-order valence-corrected chi connectivity index (χ0v) is 11.2. The maximum absolute atomic E-state index is 4.79. The fraction of sp³-hybridized carbons (Fsp3) is 0.400. The highest BCUT2D eigenvalue weighted by Gasteiger charge is 2.25. The molecule has 18 heavy (non-hydrogen) atoms. The van der Waals surface area contributed by atoms with Gasteiger partial charge in [-0.2, -0.15) is 0 Å². The number of aromatic nitrogens is 1. The van der Waals surface area contributed by atoms with Gasteiger partial charge in [0.1, 0.15) is 0 Å². The summed E-state index contributed by atoms with van der Waals surface area (Å²) in [5.41, 5.74) is 4.73. The van der Waals surface area contributed by atoms with Crippen molar-refractivity contribution in [3.8, 4) is 0 Å². The summed E-state index contributed by atoms with van der Waals surface area (Å²) in [5, 5.41) is 4.50.